The first-order valence-electron chi connectivity index (χ1n) is 4.21. The Hall–Kier alpha value is -1.12. The van der Waals surface area contributed by atoms with Gasteiger partial charge in [0.2, 0.25) is 5.91 Å². The first kappa shape index (κ1) is 10.9. The zero-order chi connectivity index (χ0) is 9.40. The Morgan fingerprint density at radius 3 is 2.75 bits per heavy atom. The van der Waals surface area contributed by atoms with Gasteiger partial charge < -0.3 is 5.32 Å². The van der Waals surface area contributed by atoms with Crippen LogP contribution in [0.4, 0.5) is 0 Å². The van der Waals surface area contributed by atoms with E-state index in [4.69, 9.17) is 5.41 Å². The van der Waals surface area contributed by atoms with Crippen molar-refractivity contribution in [2.24, 2.45) is 0 Å². The highest BCUT2D eigenvalue weighted by molar-refractivity contribution is 6.02. The minimum atomic E-state index is -0.0695. The Kier molecular flexibility index (Phi) is 5.97. The van der Waals surface area contributed by atoms with Crippen LogP contribution >= 0.6 is 0 Å². The molecule has 0 atom stereocenters. The van der Waals surface area contributed by atoms with Gasteiger partial charge in [-0.25, -0.2) is 0 Å². The lowest BCUT2D eigenvalue weighted by molar-refractivity contribution is -0.119. The number of amidine groups is 1. The van der Waals surface area contributed by atoms with Gasteiger partial charge in [0.05, 0.1) is 0 Å². The zero-order valence-corrected chi connectivity index (χ0v) is 7.68. The average molecular weight is 168 g/mol. The molecule has 0 aliphatic heterocycles. The number of allylic oxidation sites excluding steroid dienone is 1. The maximum Gasteiger partial charge on any atom is 0.225 e. The van der Waals surface area contributed by atoms with Crippen LogP contribution in [0, 0.1) is 5.41 Å². The molecule has 0 bridgehead atoms. The third kappa shape index (κ3) is 5.65. The van der Waals surface area contributed by atoms with E-state index in [2.05, 4.69) is 5.32 Å². The monoisotopic (exact) mass is 168 g/mol. The summed E-state index contributed by atoms with van der Waals surface area (Å²) in [5.74, 6) is 0.0959. The van der Waals surface area contributed by atoms with Crippen LogP contribution < -0.4 is 5.32 Å². The molecule has 68 valence electrons. The highest BCUT2D eigenvalue weighted by Crippen LogP contribution is 1.92. The van der Waals surface area contributed by atoms with Crippen LogP contribution in [0.15, 0.2) is 12.2 Å². The lowest BCUT2D eigenvalue weighted by Gasteiger charge is -2.01. The van der Waals surface area contributed by atoms with E-state index < -0.39 is 0 Å². The molecule has 0 radical (unpaired) electrons. The van der Waals surface area contributed by atoms with Gasteiger partial charge >= 0.3 is 0 Å². The fourth-order valence-electron chi connectivity index (χ4n) is 0.758. The standard InChI is InChI=1S/C9H16N2O/c1-3-5-7-9(12)11-8(10)6-4-2/h4,6H,3,5,7H2,1-2H3,(H2,10,11,12)/b6-4-. The smallest absolute Gasteiger partial charge is 0.225 e. The maximum atomic E-state index is 11.0. The minimum absolute atomic E-state index is 0.0695. The molecular formula is C9H16N2O. The molecule has 0 aromatic heterocycles. The minimum Gasteiger partial charge on any atom is -0.311 e. The molecule has 12 heavy (non-hydrogen) atoms. The Morgan fingerprint density at radius 1 is 1.58 bits per heavy atom. The van der Waals surface area contributed by atoms with Crippen molar-refractivity contribution in [1.29, 1.82) is 5.41 Å². The Balaban J connectivity index is 3.62. The summed E-state index contributed by atoms with van der Waals surface area (Å²) >= 11 is 0. The van der Waals surface area contributed by atoms with Crippen LogP contribution in [-0.4, -0.2) is 11.7 Å². The summed E-state index contributed by atoms with van der Waals surface area (Å²) in [5, 5.41) is 9.71. The molecule has 0 saturated carbocycles. The summed E-state index contributed by atoms with van der Waals surface area (Å²) in [5.41, 5.74) is 0. The van der Waals surface area contributed by atoms with E-state index in [9.17, 15) is 4.79 Å². The normalized spacial score (nSPS) is 10.2. The number of amides is 1. The van der Waals surface area contributed by atoms with E-state index in [0.29, 0.717) is 6.42 Å². The van der Waals surface area contributed by atoms with Crippen molar-refractivity contribution < 1.29 is 4.79 Å². The van der Waals surface area contributed by atoms with Crippen LogP contribution in [0.3, 0.4) is 0 Å². The number of rotatable bonds is 4. The highest BCUT2D eigenvalue weighted by Gasteiger charge is 1.99. The SMILES string of the molecule is C/C=C\C(=N)NC(=O)CCCC. The summed E-state index contributed by atoms with van der Waals surface area (Å²) in [6.45, 7) is 3.84. The van der Waals surface area contributed by atoms with E-state index in [0.717, 1.165) is 12.8 Å². The van der Waals surface area contributed by atoms with Crippen molar-refractivity contribution in [3.8, 4) is 0 Å². The number of nitrogens with one attached hydrogen (secondary N) is 2. The molecular weight excluding hydrogens is 152 g/mol. The van der Waals surface area contributed by atoms with Crippen molar-refractivity contribution in [1.82, 2.24) is 5.32 Å². The Morgan fingerprint density at radius 2 is 2.25 bits per heavy atom. The molecule has 0 rings (SSSR count). The van der Waals surface area contributed by atoms with Gasteiger partial charge in [0.15, 0.2) is 0 Å². The average Bonchev–Trinajstić information content (AvgIpc) is 2.01. The predicted octanol–water partition coefficient (Wildman–Crippen LogP) is 1.85. The van der Waals surface area contributed by atoms with Gasteiger partial charge in [-0.1, -0.05) is 19.4 Å². The van der Waals surface area contributed by atoms with Gasteiger partial charge in [0, 0.05) is 6.42 Å². The summed E-state index contributed by atoms with van der Waals surface area (Å²) in [4.78, 5) is 11.0. The Labute approximate surface area is 73.4 Å². The lowest BCUT2D eigenvalue weighted by atomic mass is 10.2. The van der Waals surface area contributed by atoms with Crippen molar-refractivity contribution >= 4 is 11.7 Å². The van der Waals surface area contributed by atoms with Crippen molar-refractivity contribution in [3.63, 3.8) is 0 Å². The van der Waals surface area contributed by atoms with Gasteiger partial charge in [0.1, 0.15) is 5.84 Å². The fraction of sp³-hybridized carbons (Fsp3) is 0.556. The summed E-state index contributed by atoms with van der Waals surface area (Å²) in [7, 11) is 0. The second-order valence-corrected chi connectivity index (χ2v) is 2.57. The molecule has 0 aliphatic carbocycles. The lowest BCUT2D eigenvalue weighted by Crippen LogP contribution is -2.27. The zero-order valence-electron chi connectivity index (χ0n) is 7.68. The maximum absolute atomic E-state index is 11.0. The van der Waals surface area contributed by atoms with Crippen LogP contribution in [0.5, 0.6) is 0 Å². The number of hydrogen-bond donors (Lipinski definition) is 2. The van der Waals surface area contributed by atoms with Gasteiger partial charge in [-0.2, -0.15) is 0 Å². The number of carbonyl (C=O) groups excluding carboxylic acids is 1. The largest absolute Gasteiger partial charge is 0.311 e. The molecule has 3 nitrogen and oxygen atoms in total. The van der Waals surface area contributed by atoms with E-state index >= 15 is 0 Å². The quantitative estimate of drug-likeness (QED) is 0.488. The second kappa shape index (κ2) is 6.58. The van der Waals surface area contributed by atoms with Crippen LogP contribution in [0.25, 0.3) is 0 Å². The van der Waals surface area contributed by atoms with Crippen molar-refractivity contribution in [2.75, 3.05) is 0 Å². The van der Waals surface area contributed by atoms with Crippen LogP contribution in [0.1, 0.15) is 33.1 Å². The fourth-order valence-corrected chi connectivity index (χ4v) is 0.758. The van der Waals surface area contributed by atoms with E-state index in [1.165, 1.54) is 0 Å². The predicted molar refractivity (Wildman–Crippen MR) is 50.2 cm³/mol. The van der Waals surface area contributed by atoms with E-state index in [1.54, 1.807) is 12.2 Å². The van der Waals surface area contributed by atoms with Crippen LogP contribution in [0.2, 0.25) is 0 Å². The highest BCUT2D eigenvalue weighted by atomic mass is 16.1. The molecule has 0 spiro atoms. The van der Waals surface area contributed by atoms with E-state index in [1.807, 2.05) is 13.8 Å². The summed E-state index contributed by atoms with van der Waals surface area (Å²) in [6, 6.07) is 0. The molecule has 0 saturated heterocycles. The van der Waals surface area contributed by atoms with Crippen molar-refractivity contribution in [3.05, 3.63) is 12.2 Å². The first-order chi connectivity index (χ1) is 5.70. The molecule has 0 aromatic carbocycles. The van der Waals surface area contributed by atoms with Crippen LogP contribution in [-0.2, 0) is 4.79 Å². The number of hydrogen-bond acceptors (Lipinski definition) is 2. The van der Waals surface area contributed by atoms with Gasteiger partial charge in [-0.05, 0) is 19.4 Å². The molecule has 0 unspecified atom stereocenters. The molecule has 2 N–H and O–H groups in total. The van der Waals surface area contributed by atoms with Gasteiger partial charge in [-0.3, -0.25) is 10.2 Å². The van der Waals surface area contributed by atoms with E-state index in [-0.39, 0.29) is 11.7 Å². The Bertz CT molecular complexity index is 185. The molecule has 0 heterocycles. The number of unbranched alkanes of at least 4 members (excludes halogenated alkanes) is 1. The molecule has 0 aromatic rings. The molecule has 0 aliphatic rings. The van der Waals surface area contributed by atoms with Gasteiger partial charge in [-0.15, -0.1) is 0 Å². The molecule has 3 heteroatoms. The second-order valence-electron chi connectivity index (χ2n) is 2.57. The third-order valence-electron chi connectivity index (χ3n) is 1.36. The summed E-state index contributed by atoms with van der Waals surface area (Å²) < 4.78 is 0. The van der Waals surface area contributed by atoms with Gasteiger partial charge in [0.25, 0.3) is 0 Å². The number of carbonyl (C=O) groups is 1. The molecule has 1 amide bonds. The van der Waals surface area contributed by atoms with Crippen molar-refractivity contribution in [2.45, 2.75) is 33.1 Å². The summed E-state index contributed by atoms with van der Waals surface area (Å²) in [6.07, 6.45) is 5.68. The first-order valence-corrected chi connectivity index (χ1v) is 4.21. The third-order valence-corrected chi connectivity index (χ3v) is 1.36. The topological polar surface area (TPSA) is 53.0 Å². The molecule has 0 fully saturated rings.